The number of rotatable bonds is 2. The summed E-state index contributed by atoms with van der Waals surface area (Å²) in [5.41, 5.74) is 0.698. The third-order valence-electron chi connectivity index (χ3n) is 1.90. The predicted octanol–water partition coefficient (Wildman–Crippen LogP) is 4.27. The predicted molar refractivity (Wildman–Crippen MR) is 74.5 cm³/mol. The normalized spacial score (nSPS) is 10.4. The zero-order chi connectivity index (χ0) is 12.4. The average Bonchev–Trinajstić information content (AvgIpc) is 2.27. The number of hydrogen-bond acceptors (Lipinski definition) is 3. The van der Waals surface area contributed by atoms with Crippen molar-refractivity contribution >= 4 is 57.3 Å². The van der Waals surface area contributed by atoms with E-state index in [1.165, 1.54) is 0 Å². The van der Waals surface area contributed by atoms with Gasteiger partial charge in [0.15, 0.2) is 11.6 Å². The lowest BCUT2D eigenvalue weighted by Crippen LogP contribution is -2.00. The summed E-state index contributed by atoms with van der Waals surface area (Å²) < 4.78 is 14.2. The Labute approximate surface area is 121 Å². The second kappa shape index (κ2) is 5.32. The Kier molecular flexibility index (Phi) is 4.01. The maximum Gasteiger partial charge on any atom is 0.224 e. The molecule has 17 heavy (non-hydrogen) atoms. The Balaban J connectivity index is 2.34. The molecule has 0 saturated heterocycles. The van der Waals surface area contributed by atoms with Crippen LogP contribution in [0.15, 0.2) is 24.4 Å². The highest BCUT2D eigenvalue weighted by Crippen LogP contribution is 2.26. The minimum atomic E-state index is -0.569. The summed E-state index contributed by atoms with van der Waals surface area (Å²) in [6, 6.07) is 5.19. The molecule has 3 nitrogen and oxygen atoms in total. The maximum absolute atomic E-state index is 13.4. The van der Waals surface area contributed by atoms with E-state index >= 15 is 0 Å². The molecular formula is C10H5Cl2FIN3. The molecule has 0 amide bonds. The lowest BCUT2D eigenvalue weighted by molar-refractivity contribution is 0.619. The fourth-order valence-electron chi connectivity index (χ4n) is 1.15. The van der Waals surface area contributed by atoms with Crippen LogP contribution in [0.5, 0.6) is 0 Å². The SMILES string of the molecule is Fc1cnc(Cl)nc1Nc1ccc(Cl)cc1I. The van der Waals surface area contributed by atoms with Crippen molar-refractivity contribution in [2.24, 2.45) is 0 Å². The van der Waals surface area contributed by atoms with Gasteiger partial charge >= 0.3 is 0 Å². The molecule has 0 aliphatic rings. The third-order valence-corrected chi connectivity index (χ3v) is 3.21. The fourth-order valence-corrected chi connectivity index (χ4v) is 2.29. The first-order valence-corrected chi connectivity index (χ1v) is 6.30. The molecule has 0 fully saturated rings. The molecule has 0 spiro atoms. The molecule has 0 unspecified atom stereocenters. The number of hydrogen-bond donors (Lipinski definition) is 1. The molecule has 1 aromatic heterocycles. The number of nitrogens with one attached hydrogen (secondary N) is 1. The minimum Gasteiger partial charge on any atom is -0.337 e. The average molecular weight is 384 g/mol. The van der Waals surface area contributed by atoms with E-state index in [9.17, 15) is 4.39 Å². The first kappa shape index (κ1) is 12.8. The quantitative estimate of drug-likeness (QED) is 0.621. The van der Waals surface area contributed by atoms with Crippen LogP contribution in [-0.2, 0) is 0 Å². The molecule has 1 N–H and O–H groups in total. The van der Waals surface area contributed by atoms with E-state index in [4.69, 9.17) is 23.2 Å². The largest absolute Gasteiger partial charge is 0.337 e. The summed E-state index contributed by atoms with van der Waals surface area (Å²) in [7, 11) is 0. The van der Waals surface area contributed by atoms with E-state index in [0.717, 1.165) is 9.77 Å². The number of aromatic nitrogens is 2. The Morgan fingerprint density at radius 1 is 1.29 bits per heavy atom. The van der Waals surface area contributed by atoms with E-state index < -0.39 is 5.82 Å². The summed E-state index contributed by atoms with van der Waals surface area (Å²) >= 11 is 13.5. The Hall–Kier alpha value is -0.660. The molecule has 0 radical (unpaired) electrons. The molecule has 0 atom stereocenters. The number of anilines is 2. The second-order valence-corrected chi connectivity index (χ2v) is 5.02. The van der Waals surface area contributed by atoms with Gasteiger partial charge < -0.3 is 5.32 Å². The van der Waals surface area contributed by atoms with Crippen molar-refractivity contribution in [3.8, 4) is 0 Å². The van der Waals surface area contributed by atoms with Gasteiger partial charge in [0.25, 0.3) is 0 Å². The molecule has 0 aliphatic carbocycles. The molecule has 88 valence electrons. The van der Waals surface area contributed by atoms with Crippen molar-refractivity contribution in [1.29, 1.82) is 0 Å². The maximum atomic E-state index is 13.4. The molecule has 1 aromatic carbocycles. The van der Waals surface area contributed by atoms with Crippen LogP contribution < -0.4 is 5.32 Å². The van der Waals surface area contributed by atoms with Gasteiger partial charge in [-0.2, -0.15) is 4.98 Å². The zero-order valence-corrected chi connectivity index (χ0v) is 11.9. The van der Waals surface area contributed by atoms with Crippen LogP contribution in [-0.4, -0.2) is 9.97 Å². The van der Waals surface area contributed by atoms with E-state index in [2.05, 4.69) is 37.9 Å². The van der Waals surface area contributed by atoms with Crippen LogP contribution in [0.2, 0.25) is 10.3 Å². The summed E-state index contributed by atoms with van der Waals surface area (Å²) in [5, 5.41) is 3.43. The molecule has 2 aromatic rings. The molecule has 0 aliphatic heterocycles. The Bertz CT molecular complexity index is 565. The van der Waals surface area contributed by atoms with E-state index in [-0.39, 0.29) is 11.1 Å². The highest BCUT2D eigenvalue weighted by Gasteiger charge is 2.08. The van der Waals surface area contributed by atoms with Gasteiger partial charge in [0.2, 0.25) is 5.28 Å². The minimum absolute atomic E-state index is 0.0159. The summed E-state index contributed by atoms with van der Waals surface area (Å²) in [4.78, 5) is 7.30. The van der Waals surface area contributed by atoms with Crippen LogP contribution in [0.3, 0.4) is 0 Å². The van der Waals surface area contributed by atoms with E-state index in [0.29, 0.717) is 10.7 Å². The van der Waals surface area contributed by atoms with Gasteiger partial charge in [0.1, 0.15) is 0 Å². The van der Waals surface area contributed by atoms with Crippen molar-refractivity contribution in [1.82, 2.24) is 9.97 Å². The third kappa shape index (κ3) is 3.17. The van der Waals surface area contributed by atoms with Gasteiger partial charge in [0.05, 0.1) is 11.9 Å². The first-order chi connectivity index (χ1) is 8.06. The summed E-state index contributed by atoms with van der Waals surface area (Å²) in [5.74, 6) is -0.537. The smallest absolute Gasteiger partial charge is 0.224 e. The molecule has 0 saturated carbocycles. The van der Waals surface area contributed by atoms with Crippen LogP contribution in [0.1, 0.15) is 0 Å². The molecule has 2 rings (SSSR count). The van der Waals surface area contributed by atoms with Crippen LogP contribution in [0, 0.1) is 9.39 Å². The van der Waals surface area contributed by atoms with Gasteiger partial charge in [-0.25, -0.2) is 9.37 Å². The number of halogens is 4. The summed E-state index contributed by atoms with van der Waals surface area (Å²) in [6.45, 7) is 0. The Morgan fingerprint density at radius 3 is 2.76 bits per heavy atom. The van der Waals surface area contributed by atoms with Gasteiger partial charge in [0, 0.05) is 8.59 Å². The van der Waals surface area contributed by atoms with Crippen molar-refractivity contribution in [2.45, 2.75) is 0 Å². The fraction of sp³-hybridized carbons (Fsp3) is 0. The topological polar surface area (TPSA) is 37.8 Å². The van der Waals surface area contributed by atoms with Crippen molar-refractivity contribution < 1.29 is 4.39 Å². The molecule has 7 heteroatoms. The van der Waals surface area contributed by atoms with Crippen molar-refractivity contribution in [3.63, 3.8) is 0 Å². The van der Waals surface area contributed by atoms with E-state index in [1.54, 1.807) is 18.2 Å². The second-order valence-electron chi connectivity index (χ2n) is 3.08. The van der Waals surface area contributed by atoms with Gasteiger partial charge in [-0.3, -0.25) is 0 Å². The van der Waals surface area contributed by atoms with Gasteiger partial charge in [-0.05, 0) is 52.4 Å². The monoisotopic (exact) mass is 383 g/mol. The van der Waals surface area contributed by atoms with Crippen molar-refractivity contribution in [3.05, 3.63) is 44.1 Å². The standard InChI is InChI=1S/C10H5Cl2FIN3/c11-5-1-2-8(7(14)3-5)16-9-6(13)4-15-10(12)17-9/h1-4H,(H,15,16,17). The van der Waals surface area contributed by atoms with Crippen LogP contribution in [0.25, 0.3) is 0 Å². The van der Waals surface area contributed by atoms with Crippen LogP contribution >= 0.6 is 45.8 Å². The molecular weight excluding hydrogens is 379 g/mol. The summed E-state index contributed by atoms with van der Waals surface area (Å²) in [6.07, 6.45) is 1.01. The van der Waals surface area contributed by atoms with Crippen molar-refractivity contribution in [2.75, 3.05) is 5.32 Å². The lowest BCUT2D eigenvalue weighted by atomic mass is 10.3. The highest BCUT2D eigenvalue weighted by molar-refractivity contribution is 14.1. The molecule has 0 bridgehead atoms. The lowest BCUT2D eigenvalue weighted by Gasteiger charge is -2.08. The van der Waals surface area contributed by atoms with Gasteiger partial charge in [-0.1, -0.05) is 11.6 Å². The van der Waals surface area contributed by atoms with Crippen LogP contribution in [0.4, 0.5) is 15.9 Å². The highest BCUT2D eigenvalue weighted by atomic mass is 127. The number of nitrogens with zero attached hydrogens (tertiary/aromatic N) is 2. The van der Waals surface area contributed by atoms with Gasteiger partial charge in [-0.15, -0.1) is 0 Å². The zero-order valence-electron chi connectivity index (χ0n) is 8.22. The van der Waals surface area contributed by atoms with E-state index in [1.807, 2.05) is 0 Å². The number of benzene rings is 1. The molecule has 1 heterocycles. The first-order valence-electron chi connectivity index (χ1n) is 4.46. The Morgan fingerprint density at radius 2 is 2.06 bits per heavy atom.